The molecular weight excluding hydrogens is 274 g/mol. The van der Waals surface area contributed by atoms with Crippen LogP contribution in [0.1, 0.15) is 32.2 Å². The van der Waals surface area contributed by atoms with Crippen LogP contribution in [0.4, 0.5) is 0 Å². The second kappa shape index (κ2) is 6.71. The molecule has 0 aliphatic rings. The average Bonchev–Trinajstić information content (AvgIpc) is 2.94. The van der Waals surface area contributed by atoms with Gasteiger partial charge in [0.05, 0.1) is 13.2 Å². The molecule has 0 spiro atoms. The maximum Gasteiger partial charge on any atom is 0.371 e. The van der Waals surface area contributed by atoms with Gasteiger partial charge in [-0.05, 0) is 29.8 Å². The van der Waals surface area contributed by atoms with E-state index >= 15 is 0 Å². The average molecular weight is 289 g/mol. The predicted molar refractivity (Wildman–Crippen MR) is 74.0 cm³/mol. The van der Waals surface area contributed by atoms with Gasteiger partial charge in [-0.2, -0.15) is 0 Å². The zero-order chi connectivity index (χ0) is 15.2. The van der Waals surface area contributed by atoms with Crippen molar-refractivity contribution >= 4 is 11.9 Å². The number of aromatic carboxylic acids is 1. The molecule has 110 valence electrons. The fraction of sp³-hybridized carbons (Fsp3) is 0.200. The summed E-state index contributed by atoms with van der Waals surface area (Å²) in [5.74, 6) is -1.17. The minimum atomic E-state index is -1.14. The van der Waals surface area contributed by atoms with Crippen molar-refractivity contribution in [2.75, 3.05) is 7.11 Å². The molecule has 0 saturated carbocycles. The Morgan fingerprint density at radius 3 is 2.76 bits per heavy atom. The third-order valence-corrected chi connectivity index (χ3v) is 2.80. The number of methoxy groups -OCH3 is 1. The van der Waals surface area contributed by atoms with Gasteiger partial charge in [0.2, 0.25) is 5.76 Å². The maximum absolute atomic E-state index is 12.0. The summed E-state index contributed by atoms with van der Waals surface area (Å²) < 4.78 is 10.1. The van der Waals surface area contributed by atoms with E-state index in [9.17, 15) is 9.59 Å². The number of nitrogens with one attached hydrogen (secondary N) is 1. The zero-order valence-electron chi connectivity index (χ0n) is 11.5. The number of ether oxygens (including phenoxy) is 1. The standard InChI is InChI=1S/C15H15NO5/c1-20-9-10-3-2-4-11(7-10)14(17)16-8-12-5-6-13(21-12)15(18)19/h2-7H,8-9H2,1H3,(H,16,17)(H,18,19). The van der Waals surface area contributed by atoms with E-state index in [2.05, 4.69) is 5.32 Å². The molecule has 0 radical (unpaired) electrons. The fourth-order valence-electron chi connectivity index (χ4n) is 1.83. The fourth-order valence-corrected chi connectivity index (χ4v) is 1.83. The molecule has 1 aromatic heterocycles. The molecule has 1 amide bonds. The van der Waals surface area contributed by atoms with Crippen molar-refractivity contribution in [1.82, 2.24) is 5.32 Å². The Morgan fingerprint density at radius 2 is 2.10 bits per heavy atom. The second-order valence-electron chi connectivity index (χ2n) is 4.39. The Hall–Kier alpha value is -2.60. The van der Waals surface area contributed by atoms with Crippen molar-refractivity contribution in [3.05, 3.63) is 59.0 Å². The van der Waals surface area contributed by atoms with Crippen molar-refractivity contribution in [3.63, 3.8) is 0 Å². The first-order chi connectivity index (χ1) is 10.1. The third-order valence-electron chi connectivity index (χ3n) is 2.80. The number of benzene rings is 1. The number of amides is 1. The van der Waals surface area contributed by atoms with Crippen LogP contribution in [0.5, 0.6) is 0 Å². The van der Waals surface area contributed by atoms with E-state index in [1.807, 2.05) is 6.07 Å². The minimum Gasteiger partial charge on any atom is -0.475 e. The number of hydrogen-bond acceptors (Lipinski definition) is 4. The van der Waals surface area contributed by atoms with Gasteiger partial charge in [-0.15, -0.1) is 0 Å². The molecule has 0 unspecified atom stereocenters. The Morgan fingerprint density at radius 1 is 1.29 bits per heavy atom. The lowest BCUT2D eigenvalue weighted by Gasteiger charge is -2.05. The summed E-state index contributed by atoms with van der Waals surface area (Å²) in [6.45, 7) is 0.557. The predicted octanol–water partition coefficient (Wildman–Crippen LogP) is 2.05. The highest BCUT2D eigenvalue weighted by Gasteiger charge is 2.11. The molecule has 0 atom stereocenters. The molecule has 2 aromatic rings. The normalized spacial score (nSPS) is 10.3. The first-order valence-corrected chi connectivity index (χ1v) is 6.28. The summed E-state index contributed by atoms with van der Waals surface area (Å²) >= 11 is 0. The molecule has 0 bridgehead atoms. The van der Waals surface area contributed by atoms with Crippen LogP contribution in [-0.2, 0) is 17.9 Å². The van der Waals surface area contributed by atoms with Crippen LogP contribution in [0.25, 0.3) is 0 Å². The van der Waals surface area contributed by atoms with E-state index in [0.717, 1.165) is 5.56 Å². The van der Waals surface area contributed by atoms with Crippen LogP contribution >= 0.6 is 0 Å². The van der Waals surface area contributed by atoms with Crippen molar-refractivity contribution in [2.24, 2.45) is 0 Å². The summed E-state index contributed by atoms with van der Waals surface area (Å²) in [5.41, 5.74) is 1.41. The summed E-state index contributed by atoms with van der Waals surface area (Å²) in [7, 11) is 1.59. The first-order valence-electron chi connectivity index (χ1n) is 6.28. The van der Waals surface area contributed by atoms with Crippen LogP contribution in [0.3, 0.4) is 0 Å². The maximum atomic E-state index is 12.0. The van der Waals surface area contributed by atoms with E-state index in [1.54, 1.807) is 25.3 Å². The molecule has 0 aliphatic heterocycles. The monoisotopic (exact) mass is 289 g/mol. The molecule has 1 heterocycles. The smallest absolute Gasteiger partial charge is 0.371 e. The van der Waals surface area contributed by atoms with E-state index in [4.69, 9.17) is 14.3 Å². The minimum absolute atomic E-state index is 0.126. The van der Waals surface area contributed by atoms with E-state index in [1.165, 1.54) is 12.1 Å². The molecule has 0 saturated heterocycles. The molecule has 0 aliphatic carbocycles. The van der Waals surface area contributed by atoms with Crippen molar-refractivity contribution in [1.29, 1.82) is 0 Å². The number of carbonyl (C=O) groups excluding carboxylic acids is 1. The highest BCUT2D eigenvalue weighted by Crippen LogP contribution is 2.09. The molecule has 21 heavy (non-hydrogen) atoms. The van der Waals surface area contributed by atoms with Gasteiger partial charge in [-0.3, -0.25) is 4.79 Å². The van der Waals surface area contributed by atoms with Crippen LogP contribution in [0.15, 0.2) is 40.8 Å². The Labute approximate surface area is 121 Å². The van der Waals surface area contributed by atoms with E-state index < -0.39 is 5.97 Å². The summed E-state index contributed by atoms with van der Waals surface area (Å²) in [5, 5.41) is 11.4. The molecule has 2 N–H and O–H groups in total. The highest BCUT2D eigenvalue weighted by molar-refractivity contribution is 5.94. The Kier molecular flexibility index (Phi) is 4.73. The summed E-state index contributed by atoms with van der Waals surface area (Å²) in [6, 6.07) is 9.95. The quantitative estimate of drug-likeness (QED) is 0.849. The number of carboxylic acid groups (broad SMARTS) is 1. The molecule has 0 fully saturated rings. The second-order valence-corrected chi connectivity index (χ2v) is 4.39. The SMILES string of the molecule is COCc1cccc(C(=O)NCc2ccc(C(=O)O)o2)c1. The summed E-state index contributed by atoms with van der Waals surface area (Å²) in [6.07, 6.45) is 0. The van der Waals surface area contributed by atoms with Gasteiger partial charge in [-0.1, -0.05) is 12.1 Å². The highest BCUT2D eigenvalue weighted by atomic mass is 16.5. The van der Waals surface area contributed by atoms with E-state index in [0.29, 0.717) is 17.9 Å². The topological polar surface area (TPSA) is 88.8 Å². The van der Waals surface area contributed by atoms with Gasteiger partial charge < -0.3 is 19.6 Å². The van der Waals surface area contributed by atoms with Crippen molar-refractivity contribution in [2.45, 2.75) is 13.2 Å². The van der Waals surface area contributed by atoms with Gasteiger partial charge in [-0.25, -0.2) is 4.79 Å². The molecule has 1 aromatic carbocycles. The Balaban J connectivity index is 1.97. The summed E-state index contributed by atoms with van der Waals surface area (Å²) in [4.78, 5) is 22.7. The Bertz CT molecular complexity index is 647. The zero-order valence-corrected chi connectivity index (χ0v) is 11.5. The first kappa shape index (κ1) is 14.8. The number of furan rings is 1. The van der Waals surface area contributed by atoms with Crippen LogP contribution in [0, 0.1) is 0 Å². The third kappa shape index (κ3) is 3.93. The van der Waals surface area contributed by atoms with Crippen LogP contribution in [-0.4, -0.2) is 24.1 Å². The lowest BCUT2D eigenvalue weighted by atomic mass is 10.1. The largest absolute Gasteiger partial charge is 0.475 e. The van der Waals surface area contributed by atoms with Gasteiger partial charge in [0.15, 0.2) is 0 Å². The lowest BCUT2D eigenvalue weighted by Crippen LogP contribution is -2.22. The number of carbonyl (C=O) groups is 2. The molecule has 2 rings (SSSR count). The van der Waals surface area contributed by atoms with Gasteiger partial charge >= 0.3 is 5.97 Å². The van der Waals surface area contributed by atoms with Crippen LogP contribution in [0.2, 0.25) is 0 Å². The van der Waals surface area contributed by atoms with E-state index in [-0.39, 0.29) is 18.2 Å². The molecule has 6 nitrogen and oxygen atoms in total. The van der Waals surface area contributed by atoms with Gasteiger partial charge in [0.1, 0.15) is 5.76 Å². The van der Waals surface area contributed by atoms with Gasteiger partial charge in [0, 0.05) is 12.7 Å². The van der Waals surface area contributed by atoms with Gasteiger partial charge in [0.25, 0.3) is 5.91 Å². The molecular formula is C15H15NO5. The number of rotatable bonds is 6. The molecule has 6 heteroatoms. The van der Waals surface area contributed by atoms with Crippen molar-refractivity contribution < 1.29 is 23.8 Å². The number of hydrogen-bond donors (Lipinski definition) is 2. The number of carboxylic acids is 1. The lowest BCUT2D eigenvalue weighted by molar-refractivity contribution is 0.0660. The van der Waals surface area contributed by atoms with Crippen LogP contribution < -0.4 is 5.32 Å². The van der Waals surface area contributed by atoms with Crippen molar-refractivity contribution in [3.8, 4) is 0 Å².